The Balaban J connectivity index is 0. The minimum atomic E-state index is -0.211. The molecule has 0 saturated heterocycles. The second kappa shape index (κ2) is 9.43. The van der Waals surface area contributed by atoms with Gasteiger partial charge in [-0.3, -0.25) is 0 Å². The molecule has 120 valence electrons. The second-order valence-electron chi connectivity index (χ2n) is 6.38. The van der Waals surface area contributed by atoms with E-state index in [1.165, 1.54) is 5.30 Å². The summed E-state index contributed by atoms with van der Waals surface area (Å²) < 4.78 is 5.23. The average Bonchev–Trinajstić information content (AvgIpc) is 2.29. The molecule has 0 aliphatic rings. The number of hydrogen-bond acceptors (Lipinski definition) is 1. The molecule has 0 aromatic heterocycles. The molecule has 1 nitrogen and oxygen atoms in total. The first-order valence-corrected chi connectivity index (χ1v) is 9.57. The van der Waals surface area contributed by atoms with Gasteiger partial charge in [0.25, 0.3) is 0 Å². The summed E-state index contributed by atoms with van der Waals surface area (Å²) in [5, 5.41) is 2.10. The van der Waals surface area contributed by atoms with Crippen molar-refractivity contribution in [2.45, 2.75) is 51.9 Å². The summed E-state index contributed by atoms with van der Waals surface area (Å²) in [5.41, 5.74) is 0. The van der Waals surface area contributed by atoms with E-state index in [4.69, 9.17) is 4.74 Å². The van der Waals surface area contributed by atoms with Gasteiger partial charge in [0, 0.05) is 0 Å². The van der Waals surface area contributed by atoms with E-state index >= 15 is 0 Å². The van der Waals surface area contributed by atoms with Crippen LogP contribution in [0.15, 0.2) is 24.3 Å². The third kappa shape index (κ3) is 6.91. The molecule has 0 radical (unpaired) electrons. The Hall–Kier alpha value is 0.402. The summed E-state index contributed by atoms with van der Waals surface area (Å²) in [6.45, 7) is 14.0. The van der Waals surface area contributed by atoms with Crippen molar-refractivity contribution in [2.24, 2.45) is 0 Å². The number of benzene rings is 1. The number of hydrogen-bond donors (Lipinski definition) is 0. The van der Waals surface area contributed by atoms with Crippen LogP contribution in [0.5, 0.6) is 5.75 Å². The Morgan fingerprint density at radius 2 is 1.25 bits per heavy atom. The quantitative estimate of drug-likeness (QED) is 0.354. The van der Waals surface area contributed by atoms with Crippen LogP contribution in [0.1, 0.15) is 41.5 Å². The van der Waals surface area contributed by atoms with Crippen LogP contribution in [0.3, 0.4) is 0 Å². The van der Waals surface area contributed by atoms with Gasteiger partial charge in [0.1, 0.15) is 5.75 Å². The van der Waals surface area contributed by atoms with Crippen molar-refractivity contribution in [2.75, 3.05) is 7.11 Å². The molecule has 20 heavy (non-hydrogen) atoms. The van der Waals surface area contributed by atoms with Gasteiger partial charge >= 0.3 is 27.7 Å². The third-order valence-electron chi connectivity index (χ3n) is 2.67. The topological polar surface area (TPSA) is 9.23 Å². The predicted molar refractivity (Wildman–Crippen MR) is 91.3 cm³/mol. The zero-order chi connectivity index (χ0) is 15.3. The van der Waals surface area contributed by atoms with E-state index < -0.39 is 0 Å². The SMILES string of the molecule is COc1ccc(P(C(C)(C)C)C(C)(C)C)cc1.[CH3-].[Cl][Pd+]. The molecule has 0 bridgehead atoms. The van der Waals surface area contributed by atoms with E-state index in [1.54, 1.807) is 7.11 Å². The first-order valence-electron chi connectivity index (χ1n) is 6.22. The minimum absolute atomic E-state index is 0. The predicted octanol–water partition coefficient (Wildman–Crippen LogP) is 5.54. The van der Waals surface area contributed by atoms with Crippen LogP contribution in [0.4, 0.5) is 0 Å². The van der Waals surface area contributed by atoms with Crippen molar-refractivity contribution < 1.29 is 22.9 Å². The Morgan fingerprint density at radius 3 is 1.50 bits per heavy atom. The van der Waals surface area contributed by atoms with E-state index in [0.29, 0.717) is 10.3 Å². The van der Waals surface area contributed by atoms with Gasteiger partial charge < -0.3 is 12.2 Å². The first-order chi connectivity index (χ1) is 8.66. The summed E-state index contributed by atoms with van der Waals surface area (Å²) in [6, 6.07) is 8.59. The molecule has 1 aromatic rings. The van der Waals surface area contributed by atoms with Crippen molar-refractivity contribution in [3.05, 3.63) is 31.7 Å². The zero-order valence-corrected chi connectivity index (χ0v) is 17.1. The van der Waals surface area contributed by atoms with Gasteiger partial charge in [-0.2, -0.15) is 0 Å². The van der Waals surface area contributed by atoms with E-state index in [1.807, 2.05) is 0 Å². The Kier molecular flexibility index (Phi) is 10.7. The molecular weight excluding hydrogens is 381 g/mol. The molecule has 0 fully saturated rings. The van der Waals surface area contributed by atoms with Gasteiger partial charge in [0.2, 0.25) is 0 Å². The van der Waals surface area contributed by atoms with Crippen molar-refractivity contribution in [1.29, 1.82) is 0 Å². The van der Waals surface area contributed by atoms with Gasteiger partial charge in [-0.25, -0.2) is 0 Å². The Bertz CT molecular complexity index is 352. The maximum absolute atomic E-state index is 5.23. The average molecular weight is 409 g/mol. The summed E-state index contributed by atoms with van der Waals surface area (Å²) >= 11 is 2.22. The summed E-state index contributed by atoms with van der Waals surface area (Å²) in [7, 11) is 5.99. The summed E-state index contributed by atoms with van der Waals surface area (Å²) in [6.07, 6.45) is 0. The van der Waals surface area contributed by atoms with Gasteiger partial charge in [-0.15, -0.1) is 0 Å². The zero-order valence-electron chi connectivity index (χ0n) is 13.9. The van der Waals surface area contributed by atoms with E-state index in [0.717, 1.165) is 5.75 Å². The molecule has 0 N–H and O–H groups in total. The fourth-order valence-electron chi connectivity index (χ4n) is 2.51. The van der Waals surface area contributed by atoms with Gasteiger partial charge in [-0.05, 0) is 27.7 Å². The van der Waals surface area contributed by atoms with Crippen LogP contribution in [0, 0.1) is 7.43 Å². The molecule has 0 atom stereocenters. The molecule has 0 aliphatic heterocycles. The monoisotopic (exact) mass is 408 g/mol. The van der Waals surface area contributed by atoms with Gasteiger partial charge in [-0.1, -0.05) is 61.6 Å². The molecule has 0 spiro atoms. The van der Waals surface area contributed by atoms with Crippen molar-refractivity contribution >= 4 is 22.8 Å². The van der Waals surface area contributed by atoms with Crippen LogP contribution in [-0.4, -0.2) is 17.4 Å². The first kappa shape index (κ1) is 22.7. The second-order valence-corrected chi connectivity index (χ2v) is 10.2. The number of halogens is 1. The normalized spacial score (nSPS) is 11.3. The van der Waals surface area contributed by atoms with Crippen molar-refractivity contribution in [3.63, 3.8) is 0 Å². The summed E-state index contributed by atoms with van der Waals surface area (Å²) in [5.74, 6) is 0.937. The van der Waals surface area contributed by atoms with Gasteiger partial charge in [0.05, 0.1) is 7.11 Å². The summed E-state index contributed by atoms with van der Waals surface area (Å²) in [4.78, 5) is 0. The molecule has 0 aliphatic carbocycles. The van der Waals surface area contributed by atoms with Crippen molar-refractivity contribution in [3.8, 4) is 5.75 Å². The molecule has 0 unspecified atom stereocenters. The number of ether oxygens (including phenoxy) is 1. The molecule has 0 heterocycles. The molecular formula is C16H28ClOPPd. The third-order valence-corrected chi connectivity index (χ3v) is 6.17. The Labute approximate surface area is 142 Å². The van der Waals surface area contributed by atoms with Crippen molar-refractivity contribution in [1.82, 2.24) is 0 Å². The fraction of sp³-hybridized carbons (Fsp3) is 0.562. The maximum atomic E-state index is 5.23. The number of methoxy groups -OCH3 is 1. The Morgan fingerprint density at radius 1 is 0.900 bits per heavy atom. The van der Waals surface area contributed by atoms with Crippen LogP contribution >= 0.6 is 17.5 Å². The van der Waals surface area contributed by atoms with Crippen LogP contribution < -0.4 is 10.0 Å². The van der Waals surface area contributed by atoms with E-state index in [2.05, 4.69) is 93.5 Å². The molecule has 4 heteroatoms. The standard InChI is InChI=1S/C15H25OP.CH3.ClH.Pd/c1-14(2,3)17(15(4,5)6)13-10-8-12(16-7)9-11-13;;;/h8-11H,1-7H3;1H3;1H;/q;-1;;+2/p-1. The van der Waals surface area contributed by atoms with E-state index in [9.17, 15) is 0 Å². The molecule has 0 amide bonds. The number of rotatable bonds is 2. The van der Waals surface area contributed by atoms with Crippen LogP contribution in [0.2, 0.25) is 0 Å². The molecule has 1 aromatic carbocycles. The van der Waals surface area contributed by atoms with E-state index in [-0.39, 0.29) is 15.3 Å². The van der Waals surface area contributed by atoms with Crippen LogP contribution in [-0.2, 0) is 18.2 Å². The molecule has 1 rings (SSSR count). The van der Waals surface area contributed by atoms with Crippen LogP contribution in [0.25, 0.3) is 0 Å². The molecule has 0 saturated carbocycles. The van der Waals surface area contributed by atoms with Gasteiger partial charge in [0.15, 0.2) is 0 Å². The fourth-order valence-corrected chi connectivity index (χ4v) is 6.52.